The van der Waals surface area contributed by atoms with Gasteiger partial charge in [0.2, 0.25) is 5.89 Å². The molecule has 4 fully saturated rings. The van der Waals surface area contributed by atoms with Crippen molar-refractivity contribution in [3.63, 3.8) is 0 Å². The van der Waals surface area contributed by atoms with Crippen LogP contribution < -0.4 is 0 Å². The Labute approximate surface area is 414 Å². The van der Waals surface area contributed by atoms with Crippen molar-refractivity contribution >= 4 is 34.1 Å². The molecule has 15 atom stereocenters. The number of fused-ring (bicyclic) bond motifs is 9. The van der Waals surface area contributed by atoms with E-state index in [-0.39, 0.29) is 67.2 Å². The summed E-state index contributed by atoms with van der Waals surface area (Å²) < 4.78 is 55.2. The Morgan fingerprint density at radius 3 is 2.57 bits per heavy atom. The van der Waals surface area contributed by atoms with Crippen LogP contribution in [0.3, 0.4) is 0 Å². The number of oxazole rings is 2. The number of hydrogen-bond donors (Lipinski definition) is 3. The van der Waals surface area contributed by atoms with E-state index in [1.165, 1.54) is 12.3 Å². The van der Waals surface area contributed by atoms with Gasteiger partial charge in [0.05, 0.1) is 67.5 Å². The average Bonchev–Trinajstić information content (AvgIpc) is 3.96. The minimum absolute atomic E-state index is 0.0830. The Balaban J connectivity index is 1.06. The van der Waals surface area contributed by atoms with E-state index in [1.54, 1.807) is 37.6 Å². The number of nitrogens with zero attached hydrogens (tertiary/aromatic N) is 2. The van der Waals surface area contributed by atoms with Gasteiger partial charge in [-0.3, -0.25) is 0 Å². The molecule has 3 N–H and O–H groups in total. The lowest BCUT2D eigenvalue weighted by molar-refractivity contribution is -0.286. The van der Waals surface area contributed by atoms with E-state index in [4.69, 9.17) is 52.0 Å². The number of halogens is 1. The smallest absolute Gasteiger partial charge is 0.330 e. The zero-order valence-corrected chi connectivity index (χ0v) is 42.3. The van der Waals surface area contributed by atoms with E-state index < -0.39 is 48.4 Å². The summed E-state index contributed by atoms with van der Waals surface area (Å²) in [5.74, 6) is -1.95. The van der Waals surface area contributed by atoms with Crippen molar-refractivity contribution in [3.05, 3.63) is 107 Å². The van der Waals surface area contributed by atoms with Crippen LogP contribution in [0, 0.1) is 11.8 Å². The van der Waals surface area contributed by atoms with Gasteiger partial charge in [-0.05, 0) is 75.1 Å². The maximum atomic E-state index is 13.6. The summed E-state index contributed by atoms with van der Waals surface area (Å²) in [4.78, 5) is 24.8. The number of rotatable bonds is 12. The number of aliphatic hydroxyl groups excluding tert-OH is 2. The van der Waals surface area contributed by atoms with Gasteiger partial charge in [0.15, 0.2) is 11.7 Å². The van der Waals surface area contributed by atoms with Crippen molar-refractivity contribution in [2.45, 2.75) is 177 Å². The highest BCUT2D eigenvalue weighted by Gasteiger charge is 2.45. The summed E-state index contributed by atoms with van der Waals surface area (Å²) in [7, 11) is 3.22. The highest BCUT2D eigenvalue weighted by atomic mass is 79.9. The number of allylic oxidation sites excluding steroid dienone is 2. The monoisotopic (exact) mass is 1020 g/mol. The van der Waals surface area contributed by atoms with Gasteiger partial charge in [-0.15, -0.1) is 0 Å². The normalized spacial score (nSPS) is 36.1. The van der Waals surface area contributed by atoms with E-state index in [1.807, 2.05) is 64.2 Å². The maximum absolute atomic E-state index is 13.6. The standard InChI is InChI=1S/C53H71BrN2O13/c1-31(16-17-38(61-6)12-10-18-54)21-44(58)47-26-42(62-7)27-53(60,69-47)28-49-55-36(29-63-49)22-33(3)51-35(5)52-34(4)45(67-51)13-9-14-48-56-43(30-64-48)46-24-37(57)23-41(66-46)25-40-20-32(2)19-39(65-40)11-8-15-50(59)68-52/h8-10,14-18,21-22,29-30,34-35,37-42,44-47,51-52,57-58,60H,2,11-13,19-20,23-28H2,1,3-7H3/b14-9+,15-8-,17-16+,18-10+,31-21+,33-22+/t34-,35-,37+,38+,39-,40+,41-,42+,44+,45+,46+,47+,51-,52-,53-/m0/s1. The third-order valence-electron chi connectivity index (χ3n) is 13.9. The molecule has 16 heteroatoms. The Hall–Kier alpha value is -3.81. The maximum Gasteiger partial charge on any atom is 0.330 e. The first-order chi connectivity index (χ1) is 33.1. The summed E-state index contributed by atoms with van der Waals surface area (Å²) >= 11 is 3.28. The predicted octanol–water partition coefficient (Wildman–Crippen LogP) is 8.76. The van der Waals surface area contributed by atoms with Crippen molar-refractivity contribution in [1.29, 1.82) is 0 Å². The number of aliphatic hydroxyl groups is 3. The largest absolute Gasteiger partial charge is 0.458 e. The SMILES string of the molecule is C=C1C[C@@H]2C[C@@H]3C[C@@H](O)C[C@@H](O3)c3coc(n3)/C=C/C[C@H]3O[C@@H](/C(C)=C/c4coc(C[C@]5(O)C[C@H](OC)C[C@H]([C@H](O)/C=C(C)/C=C/[C@@H](C/C=C/Br)OC)O5)n4)[C@H](C)[C@@H](OC(=O)/C=C\C[C@@H](C1)O2)[C@H]3C. The summed E-state index contributed by atoms with van der Waals surface area (Å²) in [6.45, 7) is 12.2. The van der Waals surface area contributed by atoms with E-state index in [0.29, 0.717) is 75.1 Å². The third kappa shape index (κ3) is 14.6. The van der Waals surface area contributed by atoms with Crippen LogP contribution in [0.4, 0.5) is 0 Å². The summed E-state index contributed by atoms with van der Waals surface area (Å²) in [5, 5.41) is 33.9. The van der Waals surface area contributed by atoms with Crippen molar-refractivity contribution in [2.24, 2.45) is 11.8 Å². The number of esters is 1. The summed E-state index contributed by atoms with van der Waals surface area (Å²) in [6.07, 6.45) is 19.5. The Bertz CT molecular complexity index is 2210. The summed E-state index contributed by atoms with van der Waals surface area (Å²) in [5.41, 5.74) is 3.86. The molecule has 5 aliphatic heterocycles. The molecule has 7 heterocycles. The number of aromatic nitrogens is 2. The van der Waals surface area contributed by atoms with Gasteiger partial charge in [-0.2, -0.15) is 0 Å². The minimum Gasteiger partial charge on any atom is -0.458 e. The molecular formula is C53H71BrN2O13. The molecule has 5 aliphatic rings. The molecule has 8 bridgehead atoms. The first kappa shape index (κ1) is 53.0. The zero-order valence-electron chi connectivity index (χ0n) is 40.7. The molecule has 0 aromatic carbocycles. The Kier molecular flexibility index (Phi) is 18.9. The molecule has 2 aromatic heterocycles. The summed E-state index contributed by atoms with van der Waals surface area (Å²) in [6, 6.07) is 0. The first-order valence-corrected chi connectivity index (χ1v) is 25.2. The highest BCUT2D eigenvalue weighted by Crippen LogP contribution is 2.40. The van der Waals surface area contributed by atoms with Crippen LogP contribution in [0.5, 0.6) is 0 Å². The van der Waals surface area contributed by atoms with Crippen LogP contribution in [0.15, 0.2) is 92.2 Å². The molecule has 0 saturated carbocycles. The fourth-order valence-electron chi connectivity index (χ4n) is 10.4. The van der Waals surface area contributed by atoms with Gasteiger partial charge >= 0.3 is 5.97 Å². The van der Waals surface area contributed by atoms with Crippen LogP contribution in [0.2, 0.25) is 0 Å². The average molecular weight is 1020 g/mol. The molecule has 0 aliphatic carbocycles. The van der Waals surface area contributed by atoms with E-state index in [2.05, 4.69) is 22.5 Å². The molecule has 378 valence electrons. The van der Waals surface area contributed by atoms with E-state index in [0.717, 1.165) is 16.7 Å². The molecule has 4 saturated heterocycles. The number of carbonyl (C=O) groups is 1. The van der Waals surface area contributed by atoms with Crippen molar-refractivity contribution in [3.8, 4) is 0 Å². The lowest BCUT2D eigenvalue weighted by atomic mass is 9.79. The molecule has 69 heavy (non-hydrogen) atoms. The Morgan fingerprint density at radius 2 is 1.78 bits per heavy atom. The van der Waals surface area contributed by atoms with Crippen LogP contribution >= 0.6 is 15.9 Å². The molecule has 7 rings (SSSR count). The Morgan fingerprint density at radius 1 is 0.986 bits per heavy atom. The second-order valence-electron chi connectivity index (χ2n) is 19.5. The van der Waals surface area contributed by atoms with Crippen LogP contribution in [-0.2, 0) is 44.4 Å². The first-order valence-electron chi connectivity index (χ1n) is 24.3. The minimum atomic E-state index is -1.73. The topological polar surface area (TPSA) is 194 Å². The third-order valence-corrected chi connectivity index (χ3v) is 14.2. The van der Waals surface area contributed by atoms with Crippen molar-refractivity contribution in [2.75, 3.05) is 14.2 Å². The fraction of sp³-hybridized carbons (Fsp3) is 0.604. The molecule has 0 unspecified atom stereocenters. The molecule has 0 amide bonds. The number of carbonyl (C=O) groups excluding carboxylic acids is 1. The lowest BCUT2D eigenvalue weighted by Gasteiger charge is -2.44. The van der Waals surface area contributed by atoms with Crippen molar-refractivity contribution in [1.82, 2.24) is 9.97 Å². The molecule has 0 radical (unpaired) electrons. The van der Waals surface area contributed by atoms with Gasteiger partial charge in [-0.25, -0.2) is 14.8 Å². The van der Waals surface area contributed by atoms with E-state index in [9.17, 15) is 20.1 Å². The lowest BCUT2D eigenvalue weighted by Crippen LogP contribution is -2.51. The zero-order chi connectivity index (χ0) is 49.2. The van der Waals surface area contributed by atoms with Gasteiger partial charge in [0.1, 0.15) is 36.1 Å². The van der Waals surface area contributed by atoms with E-state index >= 15 is 0 Å². The molecular weight excluding hydrogens is 952 g/mol. The van der Waals surface area contributed by atoms with Crippen LogP contribution in [0.25, 0.3) is 12.2 Å². The molecule has 2 aromatic rings. The second kappa shape index (κ2) is 24.5. The van der Waals surface area contributed by atoms with Gasteiger partial charge in [0, 0.05) is 57.8 Å². The second-order valence-corrected chi connectivity index (χ2v) is 20.0. The van der Waals surface area contributed by atoms with Gasteiger partial charge < -0.3 is 57.3 Å². The molecule has 15 nitrogen and oxygen atoms in total. The fourth-order valence-corrected chi connectivity index (χ4v) is 10.6. The van der Waals surface area contributed by atoms with Gasteiger partial charge in [0.25, 0.3) is 0 Å². The predicted molar refractivity (Wildman–Crippen MR) is 261 cm³/mol. The van der Waals surface area contributed by atoms with Crippen LogP contribution in [-0.4, -0.2) is 118 Å². The van der Waals surface area contributed by atoms with Crippen LogP contribution in [0.1, 0.15) is 121 Å². The highest BCUT2D eigenvalue weighted by molar-refractivity contribution is 9.11. The number of hydrogen-bond acceptors (Lipinski definition) is 15. The molecule has 0 spiro atoms. The number of methoxy groups -OCH3 is 2. The quantitative estimate of drug-likeness (QED) is 0.104. The van der Waals surface area contributed by atoms with Gasteiger partial charge in [-0.1, -0.05) is 84.0 Å². The number of ether oxygens (including phenoxy) is 7. The van der Waals surface area contributed by atoms with Crippen molar-refractivity contribution < 1.29 is 62.1 Å².